The summed E-state index contributed by atoms with van der Waals surface area (Å²) in [6.45, 7) is 1.74. The van der Waals surface area contributed by atoms with Crippen LogP contribution in [-0.2, 0) is 10.3 Å². The average Bonchev–Trinajstić information content (AvgIpc) is 2.38. The summed E-state index contributed by atoms with van der Waals surface area (Å²) in [5.41, 5.74) is 3.21. The molecule has 2 unspecified atom stereocenters. The number of aliphatic carboxylic acids is 1. The van der Waals surface area contributed by atoms with Gasteiger partial charge in [0.15, 0.2) is 5.54 Å². The molecule has 0 aliphatic rings. The topological polar surface area (TPSA) is 63.3 Å². The fourth-order valence-corrected chi connectivity index (χ4v) is 2.25. The van der Waals surface area contributed by atoms with Crippen LogP contribution in [0.2, 0.25) is 0 Å². The fraction of sp³-hybridized carbons (Fsp3) is 0.500. The first-order chi connectivity index (χ1) is 9.24. The minimum absolute atomic E-state index is 0.0362. The van der Waals surface area contributed by atoms with Gasteiger partial charge in [-0.2, -0.15) is 13.2 Å². The summed E-state index contributed by atoms with van der Waals surface area (Å²) >= 11 is 0. The molecule has 0 aliphatic carbocycles. The van der Waals surface area contributed by atoms with Gasteiger partial charge in [0.25, 0.3) is 0 Å². The first kappa shape index (κ1) is 16.5. The number of halogens is 3. The Morgan fingerprint density at radius 1 is 1.30 bits per heavy atom. The predicted molar refractivity (Wildman–Crippen MR) is 69.0 cm³/mol. The number of carbonyl (C=O) groups is 1. The van der Waals surface area contributed by atoms with Gasteiger partial charge in [0.05, 0.1) is 5.92 Å². The van der Waals surface area contributed by atoms with Crippen LogP contribution in [0.15, 0.2) is 30.3 Å². The van der Waals surface area contributed by atoms with Gasteiger partial charge < -0.3 is 10.8 Å². The third kappa shape index (κ3) is 3.30. The summed E-state index contributed by atoms with van der Waals surface area (Å²) in [6.07, 6.45) is -4.17. The quantitative estimate of drug-likeness (QED) is 0.844. The molecular formula is C14H18F3NO2. The van der Waals surface area contributed by atoms with E-state index in [4.69, 9.17) is 5.73 Å². The largest absolute Gasteiger partial charge is 0.480 e. The minimum atomic E-state index is -4.67. The summed E-state index contributed by atoms with van der Waals surface area (Å²) in [7, 11) is 0. The van der Waals surface area contributed by atoms with Crippen molar-refractivity contribution in [3.05, 3.63) is 35.9 Å². The molecule has 1 rings (SSSR count). The van der Waals surface area contributed by atoms with Gasteiger partial charge in [0.2, 0.25) is 0 Å². The number of hydrogen-bond acceptors (Lipinski definition) is 2. The van der Waals surface area contributed by atoms with E-state index in [1.165, 1.54) is 24.3 Å². The number of alkyl halides is 3. The van der Waals surface area contributed by atoms with Crippen molar-refractivity contribution in [2.24, 2.45) is 11.7 Å². The molecule has 0 aromatic heterocycles. The highest BCUT2D eigenvalue weighted by Crippen LogP contribution is 2.42. The molecule has 112 valence electrons. The average molecular weight is 289 g/mol. The predicted octanol–water partition coefficient (Wildman–Crippen LogP) is 3.29. The maximum Gasteiger partial charge on any atom is 0.394 e. The molecule has 1 aromatic rings. The Hall–Kier alpha value is -1.56. The van der Waals surface area contributed by atoms with Gasteiger partial charge in [-0.15, -0.1) is 0 Å². The lowest BCUT2D eigenvalue weighted by Gasteiger charge is -2.35. The number of unbranched alkanes of at least 4 members (excludes halogenated alkanes) is 1. The zero-order valence-corrected chi connectivity index (χ0v) is 11.2. The maximum absolute atomic E-state index is 13.2. The SMILES string of the molecule is CCCCC(C(F)(F)F)C(N)(C(=O)O)c1ccccc1. The van der Waals surface area contributed by atoms with Crippen molar-refractivity contribution >= 4 is 5.97 Å². The molecule has 6 heteroatoms. The number of carboxylic acid groups (broad SMARTS) is 1. The van der Waals surface area contributed by atoms with Crippen LogP contribution in [0.4, 0.5) is 13.2 Å². The minimum Gasteiger partial charge on any atom is -0.480 e. The number of rotatable bonds is 6. The Morgan fingerprint density at radius 2 is 1.85 bits per heavy atom. The molecule has 0 heterocycles. The Morgan fingerprint density at radius 3 is 2.25 bits per heavy atom. The van der Waals surface area contributed by atoms with Crippen LogP contribution < -0.4 is 5.73 Å². The summed E-state index contributed by atoms with van der Waals surface area (Å²) in [6, 6.07) is 7.19. The zero-order valence-electron chi connectivity index (χ0n) is 11.2. The number of nitrogens with two attached hydrogens (primary N) is 1. The van der Waals surface area contributed by atoms with Crippen LogP contribution in [0, 0.1) is 5.92 Å². The van der Waals surface area contributed by atoms with E-state index in [1.807, 2.05) is 0 Å². The van der Waals surface area contributed by atoms with Crippen molar-refractivity contribution in [2.75, 3.05) is 0 Å². The van der Waals surface area contributed by atoms with Crippen molar-refractivity contribution in [3.8, 4) is 0 Å². The van der Waals surface area contributed by atoms with Crippen LogP contribution in [0.3, 0.4) is 0 Å². The van der Waals surface area contributed by atoms with E-state index in [9.17, 15) is 23.1 Å². The smallest absolute Gasteiger partial charge is 0.394 e. The van der Waals surface area contributed by atoms with Crippen molar-refractivity contribution in [1.82, 2.24) is 0 Å². The molecule has 3 nitrogen and oxygen atoms in total. The standard InChI is InChI=1S/C14H18F3NO2/c1-2-3-9-11(14(15,16)17)13(18,12(19)20)10-7-5-4-6-8-10/h4-8,11H,2-3,9,18H2,1H3,(H,19,20). The first-order valence-electron chi connectivity index (χ1n) is 6.39. The summed E-state index contributed by atoms with van der Waals surface area (Å²) < 4.78 is 39.7. The Kier molecular flexibility index (Phi) is 5.16. The van der Waals surface area contributed by atoms with Crippen molar-refractivity contribution < 1.29 is 23.1 Å². The van der Waals surface area contributed by atoms with Gasteiger partial charge in [0, 0.05) is 0 Å². The second-order valence-electron chi connectivity index (χ2n) is 4.78. The maximum atomic E-state index is 13.2. The van der Waals surface area contributed by atoms with Gasteiger partial charge in [-0.3, -0.25) is 0 Å². The molecule has 0 saturated carbocycles. The van der Waals surface area contributed by atoms with E-state index in [1.54, 1.807) is 13.0 Å². The van der Waals surface area contributed by atoms with Gasteiger partial charge >= 0.3 is 12.1 Å². The Labute approximate surface area is 115 Å². The molecular weight excluding hydrogens is 271 g/mol. The van der Waals surface area contributed by atoms with Gasteiger partial charge in [-0.25, -0.2) is 4.79 Å². The lowest BCUT2D eigenvalue weighted by atomic mass is 9.76. The van der Waals surface area contributed by atoms with Crippen LogP contribution in [0.25, 0.3) is 0 Å². The van der Waals surface area contributed by atoms with Crippen molar-refractivity contribution in [2.45, 2.75) is 37.9 Å². The molecule has 0 spiro atoms. The lowest BCUT2D eigenvalue weighted by Crippen LogP contribution is -2.56. The van der Waals surface area contributed by atoms with Gasteiger partial charge in [-0.1, -0.05) is 50.1 Å². The highest BCUT2D eigenvalue weighted by molar-refractivity contribution is 5.81. The number of hydrogen-bond donors (Lipinski definition) is 2. The fourth-order valence-electron chi connectivity index (χ4n) is 2.25. The van der Waals surface area contributed by atoms with Crippen LogP contribution in [0.1, 0.15) is 31.7 Å². The van der Waals surface area contributed by atoms with E-state index < -0.39 is 23.6 Å². The zero-order chi connectivity index (χ0) is 15.4. The summed E-state index contributed by atoms with van der Waals surface area (Å²) in [5.74, 6) is -3.78. The van der Waals surface area contributed by atoms with Gasteiger partial charge in [-0.05, 0) is 12.0 Å². The highest BCUT2D eigenvalue weighted by atomic mass is 19.4. The molecule has 0 fully saturated rings. The second kappa shape index (κ2) is 6.26. The van der Waals surface area contributed by atoms with Crippen molar-refractivity contribution in [1.29, 1.82) is 0 Å². The number of benzene rings is 1. The molecule has 0 amide bonds. The summed E-state index contributed by atoms with van der Waals surface area (Å²) in [5, 5.41) is 9.29. The molecule has 2 atom stereocenters. The van der Waals surface area contributed by atoms with E-state index in [0.29, 0.717) is 6.42 Å². The lowest BCUT2D eigenvalue weighted by molar-refractivity contribution is -0.204. The monoisotopic (exact) mass is 289 g/mol. The van der Waals surface area contributed by atoms with E-state index >= 15 is 0 Å². The van der Waals surface area contributed by atoms with Crippen LogP contribution in [-0.4, -0.2) is 17.3 Å². The first-order valence-corrected chi connectivity index (χ1v) is 6.39. The van der Waals surface area contributed by atoms with Crippen LogP contribution in [0.5, 0.6) is 0 Å². The van der Waals surface area contributed by atoms with E-state index in [2.05, 4.69) is 0 Å². The van der Waals surface area contributed by atoms with Crippen molar-refractivity contribution in [3.63, 3.8) is 0 Å². The van der Waals surface area contributed by atoms with E-state index in [-0.39, 0.29) is 18.4 Å². The Bertz CT molecular complexity index is 447. The highest BCUT2D eigenvalue weighted by Gasteiger charge is 2.56. The number of carboxylic acids is 1. The molecule has 0 saturated heterocycles. The second-order valence-corrected chi connectivity index (χ2v) is 4.78. The molecule has 20 heavy (non-hydrogen) atoms. The van der Waals surface area contributed by atoms with Gasteiger partial charge in [0.1, 0.15) is 0 Å². The molecule has 0 bridgehead atoms. The normalized spacial score (nSPS) is 16.4. The summed E-state index contributed by atoms with van der Waals surface area (Å²) in [4.78, 5) is 11.4. The van der Waals surface area contributed by atoms with E-state index in [0.717, 1.165) is 0 Å². The molecule has 1 aromatic carbocycles. The van der Waals surface area contributed by atoms with Crippen LogP contribution >= 0.6 is 0 Å². The molecule has 0 radical (unpaired) electrons. The molecule has 3 N–H and O–H groups in total. The third-order valence-electron chi connectivity index (χ3n) is 3.40. The Balaban J connectivity index is 3.31. The molecule has 0 aliphatic heterocycles. The third-order valence-corrected chi connectivity index (χ3v) is 3.40.